The van der Waals surface area contributed by atoms with Crippen molar-refractivity contribution in [3.63, 3.8) is 0 Å². The molecule has 0 aliphatic heterocycles. The molecule has 0 unspecified atom stereocenters. The number of rotatable bonds is 1. The van der Waals surface area contributed by atoms with Gasteiger partial charge in [-0.25, -0.2) is 0 Å². The summed E-state index contributed by atoms with van der Waals surface area (Å²) in [7, 11) is 0. The number of aryl methyl sites for hydroxylation is 1. The predicted molar refractivity (Wildman–Crippen MR) is 38.7 cm³/mol. The van der Waals surface area contributed by atoms with Crippen molar-refractivity contribution in [2.24, 2.45) is 5.10 Å². The molecule has 4 nitrogen and oxygen atoms in total. The molecule has 11 heavy (non-hydrogen) atoms. The average Bonchev–Trinajstić information content (AvgIpc) is 2.13. The molecule has 1 heterocycles. The van der Waals surface area contributed by atoms with Crippen LogP contribution in [0.2, 0.25) is 0 Å². The van der Waals surface area contributed by atoms with Crippen molar-refractivity contribution in [1.29, 1.82) is 0 Å². The molecule has 1 rings (SSSR count). The summed E-state index contributed by atoms with van der Waals surface area (Å²) in [5, 5.41) is 3.80. The number of hydrogen-bond donors (Lipinski definition) is 1. The van der Waals surface area contributed by atoms with Crippen molar-refractivity contribution < 1.29 is 32.7 Å². The van der Waals surface area contributed by atoms with Crippen LogP contribution in [0.15, 0.2) is 5.10 Å². The number of imidazole rings is 1. The van der Waals surface area contributed by atoms with Crippen LogP contribution in [0.25, 0.3) is 0 Å². The minimum Gasteiger partial charge on any atom is -0.428 e. The van der Waals surface area contributed by atoms with E-state index >= 15 is 0 Å². The summed E-state index contributed by atoms with van der Waals surface area (Å²) in [6, 6.07) is 0. The Bertz CT molecular complexity index is 253. The average molecular weight is 225 g/mol. The fourth-order valence-electron chi connectivity index (χ4n) is 0.633. The topological polar surface area (TPSA) is 56.2 Å². The number of nitrogen functional groups attached to an aromatic ring is 1. The fraction of sp³-hybridized carbons (Fsp3) is 0.333. The summed E-state index contributed by atoms with van der Waals surface area (Å²) in [4.78, 5) is 3.88. The predicted octanol–water partition coefficient (Wildman–Crippen LogP) is 0.302. The number of hydrogen-bond acceptors (Lipinski definition) is 3. The molecule has 1 aromatic rings. The monoisotopic (exact) mass is 225 g/mol. The van der Waals surface area contributed by atoms with Crippen LogP contribution >= 0.6 is 0 Å². The van der Waals surface area contributed by atoms with Gasteiger partial charge in [0, 0.05) is 38.5 Å². The third kappa shape index (κ3) is 2.71. The summed E-state index contributed by atoms with van der Waals surface area (Å²) >= 11 is 0. The Morgan fingerprint density at radius 2 is 2.36 bits per heavy atom. The zero-order valence-corrected chi connectivity index (χ0v) is 9.33. The molecule has 1 radical (unpaired) electrons. The van der Waals surface area contributed by atoms with Gasteiger partial charge in [-0.3, -0.25) is 0 Å². The van der Waals surface area contributed by atoms with Crippen LogP contribution in [0.3, 0.4) is 0 Å². The van der Waals surface area contributed by atoms with E-state index in [1.54, 1.807) is 13.8 Å². The van der Waals surface area contributed by atoms with Gasteiger partial charge in [-0.2, -0.15) is 6.92 Å². The van der Waals surface area contributed by atoms with Gasteiger partial charge in [0.1, 0.15) is 0 Å². The molecule has 0 aliphatic carbocycles. The van der Waals surface area contributed by atoms with E-state index < -0.39 is 0 Å². The molecule has 0 atom stereocenters. The van der Waals surface area contributed by atoms with Crippen LogP contribution in [0, 0.1) is 13.1 Å². The van der Waals surface area contributed by atoms with E-state index in [0.717, 1.165) is 0 Å². The first-order valence-corrected chi connectivity index (χ1v) is 2.86. The van der Waals surface area contributed by atoms with Crippen LogP contribution in [0.1, 0.15) is 12.7 Å². The Morgan fingerprint density at radius 1 is 1.73 bits per heavy atom. The Labute approximate surface area is 90.8 Å². The molecule has 0 spiro atoms. The molecule has 0 bridgehead atoms. The third-order valence-electron chi connectivity index (χ3n) is 1.01. The first-order valence-electron chi connectivity index (χ1n) is 2.86. The molecule has 1 aromatic heterocycles. The molecule has 0 saturated heterocycles. The summed E-state index contributed by atoms with van der Waals surface area (Å²) < 4.78 is 1.45. The van der Waals surface area contributed by atoms with Gasteiger partial charge < -0.3 is 26.7 Å². The van der Waals surface area contributed by atoms with Crippen molar-refractivity contribution >= 4 is 12.0 Å². The van der Waals surface area contributed by atoms with Crippen LogP contribution in [0.4, 0.5) is 5.82 Å². The molecular formula is C6H8N4Y-2. The van der Waals surface area contributed by atoms with Crippen molar-refractivity contribution in [3.8, 4) is 0 Å². The molecule has 0 fully saturated rings. The van der Waals surface area contributed by atoms with Crippen molar-refractivity contribution in [2.45, 2.75) is 13.8 Å². The molecule has 0 saturated carbocycles. The zero-order valence-electron chi connectivity index (χ0n) is 6.50. The first kappa shape index (κ1) is 10.8. The van der Waals surface area contributed by atoms with Gasteiger partial charge in [-0.15, -0.1) is 6.20 Å². The van der Waals surface area contributed by atoms with Gasteiger partial charge >= 0.3 is 0 Å². The standard InChI is InChI=1S/C6H8N4.Y/c1-3-8-10-4-6(7)9-5(10)2;/h7H2,1-2H3;/q-2;. The maximum absolute atomic E-state index is 5.33. The van der Waals surface area contributed by atoms with Gasteiger partial charge in [0.2, 0.25) is 0 Å². The van der Waals surface area contributed by atoms with Crippen molar-refractivity contribution in [1.82, 2.24) is 9.66 Å². The Hall–Kier alpha value is -0.216. The number of aromatic nitrogens is 2. The smallest absolute Gasteiger partial charge is 0.0289 e. The summed E-state index contributed by atoms with van der Waals surface area (Å²) in [6.07, 6.45) is 5.30. The Balaban J connectivity index is 0.000001000. The number of nitrogens with zero attached hydrogens (tertiary/aromatic N) is 3. The largest absolute Gasteiger partial charge is 0.428 e. The minimum atomic E-state index is 0. The van der Waals surface area contributed by atoms with Crippen molar-refractivity contribution in [2.75, 3.05) is 5.73 Å². The van der Waals surface area contributed by atoms with E-state index in [9.17, 15) is 0 Å². The third-order valence-corrected chi connectivity index (χ3v) is 1.01. The number of nitrogens with two attached hydrogens (primary N) is 1. The van der Waals surface area contributed by atoms with Crippen LogP contribution in [-0.2, 0) is 32.7 Å². The molecule has 57 valence electrons. The maximum atomic E-state index is 5.33. The van der Waals surface area contributed by atoms with Crippen LogP contribution < -0.4 is 5.73 Å². The Morgan fingerprint density at radius 3 is 2.73 bits per heavy atom. The second-order valence-electron chi connectivity index (χ2n) is 1.79. The second kappa shape index (κ2) is 4.62. The van der Waals surface area contributed by atoms with E-state index in [-0.39, 0.29) is 32.7 Å². The van der Waals surface area contributed by atoms with E-state index in [1.807, 2.05) is 0 Å². The normalized spacial score (nSPS) is 10.0. The Kier molecular flexibility index (Phi) is 4.53. The van der Waals surface area contributed by atoms with Crippen molar-refractivity contribution in [3.05, 3.63) is 12.0 Å². The quantitative estimate of drug-likeness (QED) is 0.552. The van der Waals surface area contributed by atoms with Crippen LogP contribution in [0.5, 0.6) is 0 Å². The van der Waals surface area contributed by atoms with Gasteiger partial charge in [-0.1, -0.05) is 6.92 Å². The molecule has 2 N–H and O–H groups in total. The van der Waals surface area contributed by atoms with E-state index in [1.165, 1.54) is 4.68 Å². The molecular weight excluding hydrogens is 217 g/mol. The molecule has 5 heteroatoms. The summed E-state index contributed by atoms with van der Waals surface area (Å²) in [6.45, 7) is 3.50. The molecule has 0 aromatic carbocycles. The van der Waals surface area contributed by atoms with Crippen LogP contribution in [-0.4, -0.2) is 15.9 Å². The summed E-state index contributed by atoms with van der Waals surface area (Å²) in [5.41, 5.74) is 5.33. The van der Waals surface area contributed by atoms with Gasteiger partial charge in [-0.05, 0) is 5.82 Å². The first-order chi connectivity index (χ1) is 4.74. The molecule has 0 aliphatic rings. The number of anilines is 1. The second-order valence-corrected chi connectivity index (χ2v) is 1.79. The van der Waals surface area contributed by atoms with Gasteiger partial charge in [0.05, 0.1) is 0 Å². The van der Waals surface area contributed by atoms with E-state index in [4.69, 9.17) is 5.73 Å². The zero-order chi connectivity index (χ0) is 7.56. The fourth-order valence-corrected chi connectivity index (χ4v) is 0.633. The van der Waals surface area contributed by atoms with Gasteiger partial charge in [0.25, 0.3) is 0 Å². The maximum Gasteiger partial charge on any atom is 0.0289 e. The van der Waals surface area contributed by atoms with E-state index in [0.29, 0.717) is 11.6 Å². The minimum absolute atomic E-state index is 0. The summed E-state index contributed by atoms with van der Waals surface area (Å²) in [5.74, 6) is 1.07. The molecule has 0 amide bonds. The van der Waals surface area contributed by atoms with E-state index in [2.05, 4.69) is 22.5 Å². The SMILES string of the molecule is C[C-]=Nn1[c-]c(N)nc1C.[Y]. The van der Waals surface area contributed by atoms with Gasteiger partial charge in [0.15, 0.2) is 0 Å².